The van der Waals surface area contributed by atoms with Crippen LogP contribution in [0.2, 0.25) is 0 Å². The Morgan fingerprint density at radius 3 is 1.91 bits per heavy atom. The molecule has 2 aliphatic heterocycles. The van der Waals surface area contributed by atoms with E-state index in [0.717, 1.165) is 23.8 Å². The molecule has 132 valence electrons. The van der Waals surface area contributed by atoms with Crippen LogP contribution in [0, 0.1) is 17.8 Å². The van der Waals surface area contributed by atoms with Crippen LogP contribution in [0.15, 0.2) is 0 Å². The maximum Gasteiger partial charge on any atom is 0.522 e. The Balaban J connectivity index is 1.56. The molecule has 4 nitrogen and oxygen atoms in total. The fourth-order valence-corrected chi connectivity index (χ4v) is 9.77. The first-order chi connectivity index (χ1) is 11.3. The lowest BCUT2D eigenvalue weighted by Gasteiger charge is -2.45. The van der Waals surface area contributed by atoms with Gasteiger partial charge in [0, 0.05) is 33.4 Å². The summed E-state index contributed by atoms with van der Waals surface area (Å²) >= 11 is 0. The van der Waals surface area contributed by atoms with E-state index in [1.165, 1.54) is 77.4 Å². The molecule has 0 amide bonds. The second-order valence-corrected chi connectivity index (χ2v) is 11.4. The maximum atomic E-state index is 6.28. The maximum absolute atomic E-state index is 6.28. The summed E-state index contributed by atoms with van der Waals surface area (Å²) in [5.41, 5.74) is 0. The number of hydrogen-bond acceptors (Lipinski definition) is 4. The molecule has 2 aliphatic carbocycles. The highest BCUT2D eigenvalue weighted by Gasteiger charge is 2.59. The highest BCUT2D eigenvalue weighted by Crippen LogP contribution is 2.43. The normalized spacial score (nSPS) is 39.4. The number of rotatable bonds is 4. The van der Waals surface area contributed by atoms with Crippen molar-refractivity contribution in [2.45, 2.75) is 63.8 Å². The van der Waals surface area contributed by atoms with E-state index in [0.29, 0.717) is 0 Å². The Kier molecular flexibility index (Phi) is 4.85. The van der Waals surface area contributed by atoms with Gasteiger partial charge >= 0.3 is 8.88 Å². The van der Waals surface area contributed by atoms with Crippen LogP contribution in [-0.4, -0.2) is 57.9 Å². The largest absolute Gasteiger partial charge is 0.522 e. The molecule has 2 saturated heterocycles. The second kappa shape index (κ2) is 6.75. The third-order valence-electron chi connectivity index (χ3n) is 7.28. The molecule has 0 radical (unpaired) electrons. The molecule has 2 saturated carbocycles. The molecule has 0 spiro atoms. The van der Waals surface area contributed by atoms with Crippen molar-refractivity contribution in [1.82, 2.24) is 9.13 Å². The Bertz CT molecular complexity index is 404. The third kappa shape index (κ3) is 2.73. The van der Waals surface area contributed by atoms with Crippen LogP contribution in [0.1, 0.15) is 57.8 Å². The van der Waals surface area contributed by atoms with Crippen LogP contribution in [0.25, 0.3) is 0 Å². The molecule has 5 heteroatoms. The van der Waals surface area contributed by atoms with Gasteiger partial charge in [-0.3, -0.25) is 9.13 Å². The lowest BCUT2D eigenvalue weighted by atomic mass is 9.82. The Morgan fingerprint density at radius 1 is 0.739 bits per heavy atom. The number of hydrogen-bond donors (Lipinski definition) is 0. The minimum atomic E-state index is -2.41. The molecule has 0 aromatic carbocycles. The third-order valence-corrected chi connectivity index (χ3v) is 10.8. The monoisotopic (exact) mass is 338 g/mol. The molecular formula is C18H34N2O2Si. The Morgan fingerprint density at radius 2 is 1.30 bits per heavy atom. The molecular weight excluding hydrogens is 304 g/mol. The van der Waals surface area contributed by atoms with Crippen molar-refractivity contribution < 1.29 is 8.85 Å². The molecule has 4 aliphatic rings. The molecule has 2 heterocycles. The fraction of sp³-hybridized carbons (Fsp3) is 1.00. The zero-order chi connectivity index (χ0) is 15.9. The van der Waals surface area contributed by atoms with E-state index in [2.05, 4.69) is 9.13 Å². The van der Waals surface area contributed by atoms with Crippen LogP contribution >= 0.6 is 0 Å². The van der Waals surface area contributed by atoms with E-state index in [4.69, 9.17) is 8.85 Å². The highest BCUT2D eigenvalue weighted by atomic mass is 28.4. The predicted octanol–water partition coefficient (Wildman–Crippen LogP) is 3.10. The zero-order valence-electron chi connectivity index (χ0n) is 15.0. The molecule has 4 unspecified atom stereocenters. The van der Waals surface area contributed by atoms with Crippen molar-refractivity contribution in [3.05, 3.63) is 0 Å². The smallest absolute Gasteiger partial charge is 0.374 e. The van der Waals surface area contributed by atoms with Crippen molar-refractivity contribution in [1.29, 1.82) is 0 Å². The lowest BCUT2D eigenvalue weighted by Crippen LogP contribution is -2.70. The summed E-state index contributed by atoms with van der Waals surface area (Å²) in [5.74, 6) is 2.68. The average molecular weight is 339 g/mol. The molecule has 0 bridgehead atoms. The van der Waals surface area contributed by atoms with Crippen molar-refractivity contribution in [2.75, 3.05) is 33.9 Å². The van der Waals surface area contributed by atoms with Crippen LogP contribution < -0.4 is 0 Å². The lowest BCUT2D eigenvalue weighted by molar-refractivity contribution is 0.0823. The van der Waals surface area contributed by atoms with Gasteiger partial charge in [0.25, 0.3) is 0 Å². The molecule has 0 aromatic heterocycles. The van der Waals surface area contributed by atoms with Crippen molar-refractivity contribution in [3.8, 4) is 0 Å². The first kappa shape index (κ1) is 16.5. The summed E-state index contributed by atoms with van der Waals surface area (Å²) in [6.45, 7) is 3.62. The summed E-state index contributed by atoms with van der Waals surface area (Å²) in [7, 11) is 1.41. The van der Waals surface area contributed by atoms with E-state index in [1.807, 2.05) is 14.2 Å². The van der Waals surface area contributed by atoms with E-state index in [9.17, 15) is 0 Å². The first-order valence-electron chi connectivity index (χ1n) is 9.90. The Hall–Kier alpha value is 0.0569. The van der Waals surface area contributed by atoms with Gasteiger partial charge in [0.2, 0.25) is 0 Å². The quantitative estimate of drug-likeness (QED) is 0.736. The van der Waals surface area contributed by atoms with Crippen molar-refractivity contribution in [2.24, 2.45) is 17.8 Å². The number of nitrogens with zero attached hydrogens (tertiary/aromatic N) is 2. The molecule has 4 atom stereocenters. The van der Waals surface area contributed by atoms with Crippen LogP contribution in [0.3, 0.4) is 0 Å². The summed E-state index contributed by atoms with van der Waals surface area (Å²) in [6, 6.07) is 0.720. The van der Waals surface area contributed by atoms with Crippen LogP contribution in [0.5, 0.6) is 0 Å². The van der Waals surface area contributed by atoms with Gasteiger partial charge in [-0.1, -0.05) is 25.7 Å². The minimum Gasteiger partial charge on any atom is -0.374 e. The van der Waals surface area contributed by atoms with Gasteiger partial charge in [-0.05, 0) is 56.4 Å². The SMILES string of the molecule is CO[Si](OC)(N1CC2CCCCC2C1)N1CCC2CCCCC21. The standard InChI is InChI=1S/C18H34N2O2Si/c1-21-23(22-2,19-13-16-8-3-4-9-17(16)14-19)20-12-11-15-7-5-6-10-18(15)20/h15-18H,3-14H2,1-2H3. The minimum absolute atomic E-state index is 0.720. The number of fused-ring (bicyclic) bond motifs is 2. The van der Waals surface area contributed by atoms with Crippen molar-refractivity contribution >= 4 is 8.88 Å². The predicted molar refractivity (Wildman–Crippen MR) is 93.9 cm³/mol. The molecule has 4 fully saturated rings. The fourth-order valence-electron chi connectivity index (χ4n) is 6.15. The summed E-state index contributed by atoms with van der Waals surface area (Å²) in [5, 5.41) is 0. The van der Waals surface area contributed by atoms with Gasteiger partial charge in [0.1, 0.15) is 0 Å². The van der Waals surface area contributed by atoms with Gasteiger partial charge in [-0.15, -0.1) is 0 Å². The van der Waals surface area contributed by atoms with Crippen LogP contribution in [0.4, 0.5) is 0 Å². The molecule has 0 N–H and O–H groups in total. The molecule has 0 aromatic rings. The van der Waals surface area contributed by atoms with E-state index in [1.54, 1.807) is 0 Å². The highest BCUT2D eigenvalue weighted by molar-refractivity contribution is 6.61. The summed E-state index contributed by atoms with van der Waals surface area (Å²) < 4.78 is 17.9. The van der Waals surface area contributed by atoms with E-state index >= 15 is 0 Å². The molecule has 23 heavy (non-hydrogen) atoms. The summed E-state index contributed by atoms with van der Waals surface area (Å²) in [6.07, 6.45) is 12.6. The van der Waals surface area contributed by atoms with Gasteiger partial charge in [-0.2, -0.15) is 0 Å². The zero-order valence-corrected chi connectivity index (χ0v) is 16.0. The topological polar surface area (TPSA) is 24.9 Å². The first-order valence-corrected chi connectivity index (χ1v) is 11.6. The van der Waals surface area contributed by atoms with Gasteiger partial charge in [-0.25, -0.2) is 0 Å². The Labute approximate surface area is 142 Å². The average Bonchev–Trinajstić information content (AvgIpc) is 3.22. The van der Waals surface area contributed by atoms with Gasteiger partial charge in [0.15, 0.2) is 0 Å². The second-order valence-electron chi connectivity index (χ2n) is 8.26. The van der Waals surface area contributed by atoms with Crippen LogP contribution in [-0.2, 0) is 8.85 Å². The van der Waals surface area contributed by atoms with Gasteiger partial charge < -0.3 is 8.85 Å². The van der Waals surface area contributed by atoms with Gasteiger partial charge in [0.05, 0.1) is 0 Å². The van der Waals surface area contributed by atoms with E-state index < -0.39 is 8.88 Å². The summed E-state index contributed by atoms with van der Waals surface area (Å²) in [4.78, 5) is 0. The molecule has 4 rings (SSSR count). The van der Waals surface area contributed by atoms with Crippen molar-refractivity contribution in [3.63, 3.8) is 0 Å². The van der Waals surface area contributed by atoms with E-state index in [-0.39, 0.29) is 0 Å².